The van der Waals surface area contributed by atoms with Crippen LogP contribution in [0.15, 0.2) is 34.8 Å². The summed E-state index contributed by atoms with van der Waals surface area (Å²) in [4.78, 5) is 5.72. The number of hydrogen-bond donors (Lipinski definition) is 1. The molecule has 1 aromatic heterocycles. The Morgan fingerprint density at radius 3 is 2.52 bits per heavy atom. The molecular weight excluding hydrogens is 445 g/mol. The highest BCUT2D eigenvalue weighted by molar-refractivity contribution is 9.10. The molecule has 0 radical (unpaired) electrons. The lowest BCUT2D eigenvalue weighted by Gasteiger charge is -2.43. The number of benzene rings is 2. The van der Waals surface area contributed by atoms with Crippen LogP contribution in [0.3, 0.4) is 0 Å². The van der Waals surface area contributed by atoms with E-state index in [4.69, 9.17) is 4.74 Å². The lowest BCUT2D eigenvalue weighted by atomic mass is 9.83. The fraction of sp³-hybridized carbons (Fsp3) is 0.364. The van der Waals surface area contributed by atoms with Gasteiger partial charge in [0.1, 0.15) is 5.60 Å². The summed E-state index contributed by atoms with van der Waals surface area (Å²) >= 11 is 3.56. The Morgan fingerprint density at radius 2 is 1.79 bits per heavy atom. The fourth-order valence-electron chi connectivity index (χ4n) is 4.71. The van der Waals surface area contributed by atoms with Gasteiger partial charge in [-0.3, -0.25) is 4.90 Å². The maximum absolute atomic E-state index is 13.5. The number of aromatic amines is 1. The average molecular weight is 465 g/mol. The molecule has 1 spiro atoms. The minimum absolute atomic E-state index is 0.352. The molecule has 0 bridgehead atoms. The molecule has 2 aliphatic rings. The SMILES string of the molecule is Fc1cc(CN2CCC3(CC2)OCCc2c3[nH]c3ccc(Br)cc23)cc(F)c1F. The summed E-state index contributed by atoms with van der Waals surface area (Å²) in [6.07, 6.45) is 2.46. The quantitative estimate of drug-likeness (QED) is 0.513. The van der Waals surface area contributed by atoms with Crippen molar-refractivity contribution in [1.82, 2.24) is 9.88 Å². The summed E-state index contributed by atoms with van der Waals surface area (Å²) in [6.45, 7) is 2.54. The first-order valence-corrected chi connectivity index (χ1v) is 10.5. The lowest BCUT2D eigenvalue weighted by Crippen LogP contribution is -2.46. The van der Waals surface area contributed by atoms with Gasteiger partial charge >= 0.3 is 0 Å². The average Bonchev–Trinajstić information content (AvgIpc) is 3.07. The van der Waals surface area contributed by atoms with Crippen LogP contribution >= 0.6 is 15.9 Å². The largest absolute Gasteiger partial charge is 0.368 e. The second kappa shape index (κ2) is 7.15. The summed E-state index contributed by atoms with van der Waals surface area (Å²) in [5, 5.41) is 1.23. The minimum atomic E-state index is -1.42. The third-order valence-corrected chi connectivity index (χ3v) is 6.66. The molecule has 0 aliphatic carbocycles. The van der Waals surface area contributed by atoms with Crippen molar-refractivity contribution in [1.29, 1.82) is 0 Å². The van der Waals surface area contributed by atoms with Crippen LogP contribution < -0.4 is 0 Å². The number of nitrogens with one attached hydrogen (secondary N) is 1. The Balaban J connectivity index is 1.37. The predicted molar refractivity (Wildman–Crippen MR) is 108 cm³/mol. The van der Waals surface area contributed by atoms with E-state index in [0.717, 1.165) is 60.2 Å². The zero-order chi connectivity index (χ0) is 20.2. The molecule has 152 valence electrons. The Hall–Kier alpha value is -1.83. The van der Waals surface area contributed by atoms with Crippen molar-refractivity contribution >= 4 is 26.8 Å². The second-order valence-corrected chi connectivity index (χ2v) is 8.83. The Bertz CT molecular complexity index is 1070. The molecule has 5 rings (SSSR count). The monoisotopic (exact) mass is 464 g/mol. The number of H-pyrrole nitrogens is 1. The first kappa shape index (κ1) is 19.2. The Kier molecular flexibility index (Phi) is 4.72. The maximum Gasteiger partial charge on any atom is 0.194 e. The van der Waals surface area contributed by atoms with Gasteiger partial charge in [-0.25, -0.2) is 13.2 Å². The van der Waals surface area contributed by atoms with Crippen molar-refractivity contribution in [3.63, 3.8) is 0 Å². The van der Waals surface area contributed by atoms with E-state index in [-0.39, 0.29) is 5.60 Å². The number of piperidine rings is 1. The van der Waals surface area contributed by atoms with Crippen molar-refractivity contribution in [2.45, 2.75) is 31.4 Å². The van der Waals surface area contributed by atoms with Crippen molar-refractivity contribution in [3.05, 3.63) is 69.1 Å². The van der Waals surface area contributed by atoms with Crippen LogP contribution in [0.25, 0.3) is 10.9 Å². The number of rotatable bonds is 2. The number of hydrogen-bond acceptors (Lipinski definition) is 2. The van der Waals surface area contributed by atoms with Gasteiger partial charge in [0, 0.05) is 35.0 Å². The summed E-state index contributed by atoms with van der Waals surface area (Å²) in [6, 6.07) is 8.41. The molecule has 0 saturated carbocycles. The van der Waals surface area contributed by atoms with Gasteiger partial charge in [0.25, 0.3) is 0 Å². The zero-order valence-corrected chi connectivity index (χ0v) is 17.3. The van der Waals surface area contributed by atoms with E-state index in [9.17, 15) is 13.2 Å². The van der Waals surface area contributed by atoms with Crippen LogP contribution in [0, 0.1) is 17.5 Å². The molecular formula is C22H20BrF3N2O. The van der Waals surface area contributed by atoms with Gasteiger partial charge in [0.15, 0.2) is 17.5 Å². The van der Waals surface area contributed by atoms with E-state index in [1.807, 2.05) is 6.07 Å². The van der Waals surface area contributed by atoms with Crippen LogP contribution in [0.5, 0.6) is 0 Å². The normalized spacial score (nSPS) is 19.0. The molecule has 3 aromatic rings. The predicted octanol–water partition coefficient (Wildman–Crippen LogP) is 5.41. The smallest absolute Gasteiger partial charge is 0.194 e. The summed E-state index contributed by atoms with van der Waals surface area (Å²) in [5.41, 5.74) is 3.69. The molecule has 0 unspecified atom stereocenters. The maximum atomic E-state index is 13.5. The molecule has 2 aromatic carbocycles. The van der Waals surface area contributed by atoms with E-state index >= 15 is 0 Å². The number of fused-ring (bicyclic) bond motifs is 4. The van der Waals surface area contributed by atoms with E-state index in [0.29, 0.717) is 18.7 Å². The number of likely N-dealkylation sites (tertiary alicyclic amines) is 1. The molecule has 1 N–H and O–H groups in total. The number of halogens is 4. The van der Waals surface area contributed by atoms with Gasteiger partial charge in [0.2, 0.25) is 0 Å². The lowest BCUT2D eigenvalue weighted by molar-refractivity contribution is -0.101. The number of nitrogens with zero attached hydrogens (tertiary/aromatic N) is 1. The highest BCUT2D eigenvalue weighted by Gasteiger charge is 2.42. The van der Waals surface area contributed by atoms with Gasteiger partial charge in [-0.2, -0.15) is 0 Å². The van der Waals surface area contributed by atoms with E-state index < -0.39 is 17.5 Å². The highest BCUT2D eigenvalue weighted by atomic mass is 79.9. The first-order chi connectivity index (χ1) is 13.9. The molecule has 0 atom stereocenters. The molecule has 3 heterocycles. The van der Waals surface area contributed by atoms with Crippen LogP contribution in [0.2, 0.25) is 0 Å². The van der Waals surface area contributed by atoms with Gasteiger partial charge in [-0.15, -0.1) is 0 Å². The third-order valence-electron chi connectivity index (χ3n) is 6.17. The fourth-order valence-corrected chi connectivity index (χ4v) is 5.07. The topological polar surface area (TPSA) is 28.3 Å². The molecule has 1 saturated heterocycles. The van der Waals surface area contributed by atoms with Gasteiger partial charge in [-0.05, 0) is 60.7 Å². The Morgan fingerprint density at radius 1 is 1.07 bits per heavy atom. The molecule has 7 heteroatoms. The van der Waals surface area contributed by atoms with Crippen molar-refractivity contribution in [2.24, 2.45) is 0 Å². The third kappa shape index (κ3) is 3.29. The number of aromatic nitrogens is 1. The van der Waals surface area contributed by atoms with Gasteiger partial charge in [-0.1, -0.05) is 15.9 Å². The molecule has 1 fully saturated rings. The first-order valence-electron chi connectivity index (χ1n) is 9.75. The summed E-state index contributed by atoms with van der Waals surface area (Å²) in [5.74, 6) is -3.70. The molecule has 2 aliphatic heterocycles. The second-order valence-electron chi connectivity index (χ2n) is 7.91. The molecule has 3 nitrogen and oxygen atoms in total. The zero-order valence-electron chi connectivity index (χ0n) is 15.7. The van der Waals surface area contributed by atoms with Crippen molar-refractivity contribution in [3.8, 4) is 0 Å². The van der Waals surface area contributed by atoms with Gasteiger partial charge < -0.3 is 9.72 Å². The summed E-state index contributed by atoms with van der Waals surface area (Å²) in [7, 11) is 0. The minimum Gasteiger partial charge on any atom is -0.368 e. The standard InChI is InChI=1S/C22H20BrF3N2O/c23-14-1-2-19-16(11-14)15-3-8-29-22(21(15)27-19)4-6-28(7-5-22)12-13-9-17(24)20(26)18(25)10-13/h1-2,9-11,27H,3-8,12H2. The Labute approximate surface area is 175 Å². The molecule has 29 heavy (non-hydrogen) atoms. The van der Waals surface area contributed by atoms with E-state index in [1.54, 1.807) is 0 Å². The highest BCUT2D eigenvalue weighted by Crippen LogP contribution is 2.44. The number of ether oxygens (including phenoxy) is 1. The van der Waals surface area contributed by atoms with Gasteiger partial charge in [0.05, 0.1) is 12.3 Å². The van der Waals surface area contributed by atoms with Crippen molar-refractivity contribution < 1.29 is 17.9 Å². The van der Waals surface area contributed by atoms with Crippen LogP contribution in [-0.4, -0.2) is 29.6 Å². The van der Waals surface area contributed by atoms with Crippen LogP contribution in [0.1, 0.15) is 29.7 Å². The summed E-state index contributed by atoms with van der Waals surface area (Å²) < 4.78 is 47.6. The van der Waals surface area contributed by atoms with E-state index in [2.05, 4.69) is 37.9 Å². The van der Waals surface area contributed by atoms with Crippen LogP contribution in [-0.2, 0) is 23.3 Å². The van der Waals surface area contributed by atoms with Crippen molar-refractivity contribution in [2.75, 3.05) is 19.7 Å². The van der Waals surface area contributed by atoms with E-state index in [1.165, 1.54) is 10.9 Å². The molecule has 0 amide bonds. The van der Waals surface area contributed by atoms with Crippen LogP contribution in [0.4, 0.5) is 13.2 Å².